The Balaban J connectivity index is 1.41. The molecular formula is C17H19N5O2. The molecule has 2 aliphatic rings. The topological polar surface area (TPSA) is 89.9 Å². The molecule has 2 fully saturated rings. The largest absolute Gasteiger partial charge is 0.476 e. The molecule has 2 aromatic heterocycles. The minimum Gasteiger partial charge on any atom is -0.476 e. The van der Waals surface area contributed by atoms with Crippen LogP contribution in [-0.2, 0) is 0 Å². The van der Waals surface area contributed by atoms with Crippen molar-refractivity contribution in [2.45, 2.75) is 38.5 Å². The van der Waals surface area contributed by atoms with E-state index in [2.05, 4.69) is 25.3 Å². The molecule has 0 aliphatic heterocycles. The molecule has 4 rings (SSSR count). The maximum atomic E-state index is 12.3. The van der Waals surface area contributed by atoms with Crippen molar-refractivity contribution >= 4 is 11.7 Å². The first kappa shape index (κ1) is 15.0. The van der Waals surface area contributed by atoms with Gasteiger partial charge in [0.05, 0.1) is 19.0 Å². The van der Waals surface area contributed by atoms with Gasteiger partial charge in [0.2, 0.25) is 5.88 Å². The van der Waals surface area contributed by atoms with Crippen LogP contribution in [0.4, 0.5) is 5.82 Å². The van der Waals surface area contributed by atoms with Gasteiger partial charge >= 0.3 is 0 Å². The van der Waals surface area contributed by atoms with E-state index in [1.165, 1.54) is 25.2 Å². The van der Waals surface area contributed by atoms with Crippen LogP contribution >= 0.6 is 0 Å². The predicted octanol–water partition coefficient (Wildman–Crippen LogP) is 2.49. The molecule has 2 heterocycles. The lowest BCUT2D eigenvalue weighted by atomic mass is 10.2. The van der Waals surface area contributed by atoms with Crippen LogP contribution in [0.15, 0.2) is 18.5 Å². The van der Waals surface area contributed by atoms with E-state index in [0.717, 1.165) is 18.5 Å². The second-order valence-corrected chi connectivity index (χ2v) is 6.45. The van der Waals surface area contributed by atoms with Crippen molar-refractivity contribution < 1.29 is 9.53 Å². The third kappa shape index (κ3) is 3.67. The monoisotopic (exact) mass is 325 g/mol. The molecule has 2 saturated carbocycles. The molecule has 0 radical (unpaired) electrons. The van der Waals surface area contributed by atoms with Gasteiger partial charge in [-0.25, -0.2) is 19.9 Å². The quantitative estimate of drug-likeness (QED) is 0.877. The van der Waals surface area contributed by atoms with Crippen LogP contribution in [-0.4, -0.2) is 32.4 Å². The first-order valence-electron chi connectivity index (χ1n) is 8.29. The second-order valence-electron chi connectivity index (χ2n) is 6.45. The fourth-order valence-electron chi connectivity index (χ4n) is 2.42. The lowest BCUT2D eigenvalue weighted by molar-refractivity contribution is 0.102. The van der Waals surface area contributed by atoms with E-state index in [1.807, 2.05) is 13.0 Å². The van der Waals surface area contributed by atoms with Crippen molar-refractivity contribution in [2.75, 3.05) is 11.9 Å². The number of anilines is 1. The van der Waals surface area contributed by atoms with E-state index < -0.39 is 0 Å². The Kier molecular flexibility index (Phi) is 3.84. The minimum absolute atomic E-state index is 0.234. The lowest BCUT2D eigenvalue weighted by Gasteiger charge is -2.07. The van der Waals surface area contributed by atoms with Crippen LogP contribution in [0.3, 0.4) is 0 Å². The lowest BCUT2D eigenvalue weighted by Crippen LogP contribution is -2.16. The molecule has 0 atom stereocenters. The zero-order valence-corrected chi connectivity index (χ0v) is 13.5. The fraction of sp³-hybridized carbons (Fsp3) is 0.471. The Morgan fingerprint density at radius 3 is 2.71 bits per heavy atom. The molecule has 0 saturated heterocycles. The number of nitrogens with zero attached hydrogens (tertiary/aromatic N) is 4. The van der Waals surface area contributed by atoms with Gasteiger partial charge in [0, 0.05) is 17.7 Å². The van der Waals surface area contributed by atoms with Gasteiger partial charge in [-0.05, 0) is 38.5 Å². The maximum absolute atomic E-state index is 12.3. The van der Waals surface area contributed by atoms with Gasteiger partial charge in [0.25, 0.3) is 5.91 Å². The Bertz CT molecular complexity index is 754. The van der Waals surface area contributed by atoms with E-state index in [1.54, 1.807) is 0 Å². The van der Waals surface area contributed by atoms with Crippen LogP contribution in [0.2, 0.25) is 0 Å². The molecule has 7 nitrogen and oxygen atoms in total. The molecule has 124 valence electrons. The summed E-state index contributed by atoms with van der Waals surface area (Å²) in [5, 5.41) is 2.77. The Morgan fingerprint density at radius 1 is 1.21 bits per heavy atom. The molecule has 1 amide bonds. The number of ether oxygens (including phenoxy) is 1. The molecule has 24 heavy (non-hydrogen) atoms. The Morgan fingerprint density at radius 2 is 2.04 bits per heavy atom. The van der Waals surface area contributed by atoms with Gasteiger partial charge in [0.1, 0.15) is 17.3 Å². The van der Waals surface area contributed by atoms with Crippen molar-refractivity contribution in [3.8, 4) is 5.88 Å². The van der Waals surface area contributed by atoms with Gasteiger partial charge in [-0.3, -0.25) is 4.79 Å². The Hall–Kier alpha value is -2.57. The number of rotatable bonds is 6. The van der Waals surface area contributed by atoms with Crippen molar-refractivity contribution in [1.82, 2.24) is 19.9 Å². The Labute approximate surface area is 139 Å². The molecule has 1 N–H and O–H groups in total. The highest BCUT2D eigenvalue weighted by molar-refractivity contribution is 6.02. The molecule has 7 heteroatoms. The average Bonchev–Trinajstić information content (AvgIpc) is 3.47. The summed E-state index contributed by atoms with van der Waals surface area (Å²) < 4.78 is 5.52. The van der Waals surface area contributed by atoms with Gasteiger partial charge in [-0.15, -0.1) is 0 Å². The van der Waals surface area contributed by atoms with Crippen molar-refractivity contribution in [3.05, 3.63) is 35.7 Å². The number of aromatic nitrogens is 4. The normalized spacial score (nSPS) is 16.7. The highest BCUT2D eigenvalue weighted by atomic mass is 16.5. The van der Waals surface area contributed by atoms with Crippen LogP contribution < -0.4 is 10.1 Å². The predicted molar refractivity (Wildman–Crippen MR) is 86.9 cm³/mol. The second kappa shape index (κ2) is 6.14. The molecule has 0 aromatic carbocycles. The summed E-state index contributed by atoms with van der Waals surface area (Å²) in [5.74, 6) is 2.43. The van der Waals surface area contributed by atoms with E-state index in [9.17, 15) is 4.79 Å². The van der Waals surface area contributed by atoms with Gasteiger partial charge in [-0.1, -0.05) is 0 Å². The first-order valence-corrected chi connectivity index (χ1v) is 8.29. The fourth-order valence-corrected chi connectivity index (χ4v) is 2.42. The summed E-state index contributed by atoms with van der Waals surface area (Å²) in [5.41, 5.74) is 1.23. The molecule has 2 aromatic rings. The van der Waals surface area contributed by atoms with Gasteiger partial charge in [0.15, 0.2) is 0 Å². The molecular weight excluding hydrogens is 306 g/mol. The third-order valence-corrected chi connectivity index (χ3v) is 4.12. The summed E-state index contributed by atoms with van der Waals surface area (Å²) in [7, 11) is 0. The zero-order valence-electron chi connectivity index (χ0n) is 13.5. The van der Waals surface area contributed by atoms with E-state index >= 15 is 0 Å². The molecule has 0 spiro atoms. The summed E-state index contributed by atoms with van der Waals surface area (Å²) in [6, 6.07) is 1.84. The summed E-state index contributed by atoms with van der Waals surface area (Å²) in [6.07, 6.45) is 7.64. The van der Waals surface area contributed by atoms with Crippen LogP contribution in [0, 0.1) is 12.8 Å². The number of nitrogens with one attached hydrogen (secondary N) is 1. The van der Waals surface area contributed by atoms with Crippen molar-refractivity contribution in [3.63, 3.8) is 0 Å². The highest BCUT2D eigenvalue weighted by Gasteiger charge is 2.26. The number of hydrogen-bond acceptors (Lipinski definition) is 6. The van der Waals surface area contributed by atoms with Crippen LogP contribution in [0.1, 0.15) is 53.6 Å². The number of amides is 1. The van der Waals surface area contributed by atoms with Crippen molar-refractivity contribution in [2.24, 2.45) is 5.92 Å². The summed E-state index contributed by atoms with van der Waals surface area (Å²) in [4.78, 5) is 29.2. The zero-order chi connectivity index (χ0) is 16.5. The highest BCUT2D eigenvalue weighted by Crippen LogP contribution is 2.39. The molecule has 0 unspecified atom stereocenters. The van der Waals surface area contributed by atoms with E-state index in [-0.39, 0.29) is 11.6 Å². The minimum atomic E-state index is -0.337. The standard InChI is InChI=1S/C17H19N5O2/c1-10-20-13(12-4-5-12)6-15(21-10)22-17(23)14-7-19-16(8-18-14)24-9-11-2-3-11/h6-8,11-12H,2-5,9H2,1H3,(H,20,21,22,23). The smallest absolute Gasteiger partial charge is 0.277 e. The van der Waals surface area contributed by atoms with Crippen molar-refractivity contribution in [1.29, 1.82) is 0 Å². The SMILES string of the molecule is Cc1nc(NC(=O)c2cnc(OCC3CC3)cn2)cc(C2CC2)n1. The summed E-state index contributed by atoms with van der Waals surface area (Å²) >= 11 is 0. The molecule has 0 bridgehead atoms. The number of hydrogen-bond donors (Lipinski definition) is 1. The van der Waals surface area contributed by atoms with Gasteiger partial charge in [-0.2, -0.15) is 0 Å². The number of aryl methyl sites for hydroxylation is 1. The van der Waals surface area contributed by atoms with E-state index in [0.29, 0.717) is 36.0 Å². The number of carbonyl (C=O) groups excluding carboxylic acids is 1. The van der Waals surface area contributed by atoms with E-state index in [4.69, 9.17) is 4.74 Å². The third-order valence-electron chi connectivity index (χ3n) is 4.12. The average molecular weight is 325 g/mol. The first-order chi connectivity index (χ1) is 11.7. The van der Waals surface area contributed by atoms with Crippen LogP contribution in [0.25, 0.3) is 0 Å². The summed E-state index contributed by atoms with van der Waals surface area (Å²) in [6.45, 7) is 2.50. The molecule has 2 aliphatic carbocycles. The van der Waals surface area contributed by atoms with Gasteiger partial charge < -0.3 is 10.1 Å². The van der Waals surface area contributed by atoms with Crippen LogP contribution in [0.5, 0.6) is 5.88 Å². The maximum Gasteiger partial charge on any atom is 0.277 e. The number of carbonyl (C=O) groups is 1.